The lowest BCUT2D eigenvalue weighted by atomic mass is 10.1. The van der Waals surface area contributed by atoms with Gasteiger partial charge in [0, 0.05) is 29.1 Å². The molecule has 3 rings (SSSR count). The number of halogens is 1. The van der Waals surface area contributed by atoms with E-state index in [1.54, 1.807) is 24.3 Å². The van der Waals surface area contributed by atoms with Crippen LogP contribution in [0.1, 0.15) is 21.5 Å². The first-order chi connectivity index (χ1) is 13.2. The number of nitrogens with zero attached hydrogens (tertiary/aromatic N) is 2. The van der Waals surface area contributed by atoms with Crippen molar-refractivity contribution in [3.8, 4) is 11.8 Å². The average molecular weight is 361 g/mol. The number of hydrogen-bond acceptors (Lipinski definition) is 4. The molecular formula is C21H16FN3O2. The predicted molar refractivity (Wildman–Crippen MR) is 98.7 cm³/mol. The van der Waals surface area contributed by atoms with E-state index in [0.29, 0.717) is 17.9 Å². The summed E-state index contributed by atoms with van der Waals surface area (Å²) in [5.41, 5.74) is 2.47. The van der Waals surface area contributed by atoms with Gasteiger partial charge in [0.05, 0.1) is 12.5 Å². The molecule has 0 fully saturated rings. The Balaban J connectivity index is 1.68. The summed E-state index contributed by atoms with van der Waals surface area (Å²) in [6, 6.07) is 19.1. The SMILES string of the molecule is N#CCc1ccc(OCc2ccccc2NC(=O)c2ccnc(F)c2)cc1. The second-order valence-corrected chi connectivity index (χ2v) is 5.75. The maximum Gasteiger partial charge on any atom is 0.255 e. The van der Waals surface area contributed by atoms with Crippen molar-refractivity contribution >= 4 is 11.6 Å². The van der Waals surface area contributed by atoms with Gasteiger partial charge in [0.25, 0.3) is 5.91 Å². The molecule has 3 aromatic rings. The van der Waals surface area contributed by atoms with Crippen LogP contribution in [0.15, 0.2) is 66.9 Å². The molecular weight excluding hydrogens is 345 g/mol. The van der Waals surface area contributed by atoms with Gasteiger partial charge < -0.3 is 10.1 Å². The van der Waals surface area contributed by atoms with Crippen molar-refractivity contribution in [1.82, 2.24) is 4.98 Å². The van der Waals surface area contributed by atoms with Crippen molar-refractivity contribution in [1.29, 1.82) is 5.26 Å². The van der Waals surface area contributed by atoms with Crippen LogP contribution in [0, 0.1) is 17.3 Å². The van der Waals surface area contributed by atoms with Crippen LogP contribution in [0.4, 0.5) is 10.1 Å². The summed E-state index contributed by atoms with van der Waals surface area (Å²) in [4.78, 5) is 15.8. The lowest BCUT2D eigenvalue weighted by Crippen LogP contribution is -2.14. The number of aromatic nitrogens is 1. The zero-order chi connectivity index (χ0) is 19.1. The lowest BCUT2D eigenvalue weighted by Gasteiger charge is -2.12. The van der Waals surface area contributed by atoms with E-state index < -0.39 is 11.9 Å². The molecule has 0 radical (unpaired) electrons. The Morgan fingerprint density at radius 1 is 1.15 bits per heavy atom. The molecule has 1 N–H and O–H groups in total. The first-order valence-electron chi connectivity index (χ1n) is 8.25. The number of pyridine rings is 1. The molecule has 0 saturated carbocycles. The second-order valence-electron chi connectivity index (χ2n) is 5.75. The molecule has 1 aromatic heterocycles. The highest BCUT2D eigenvalue weighted by Gasteiger charge is 2.10. The third-order valence-electron chi connectivity index (χ3n) is 3.86. The summed E-state index contributed by atoms with van der Waals surface area (Å²) in [5, 5.41) is 11.5. The van der Waals surface area contributed by atoms with Crippen LogP contribution in [0.3, 0.4) is 0 Å². The maximum atomic E-state index is 13.2. The predicted octanol–water partition coefficient (Wildman–Crippen LogP) is 4.12. The van der Waals surface area contributed by atoms with Crippen LogP contribution in [0.25, 0.3) is 0 Å². The zero-order valence-corrected chi connectivity index (χ0v) is 14.4. The number of rotatable bonds is 6. The van der Waals surface area contributed by atoms with E-state index in [4.69, 9.17) is 10.00 Å². The van der Waals surface area contributed by atoms with Gasteiger partial charge in [-0.1, -0.05) is 30.3 Å². The van der Waals surface area contributed by atoms with Gasteiger partial charge in [0.2, 0.25) is 5.95 Å². The van der Waals surface area contributed by atoms with Crippen LogP contribution in [0.5, 0.6) is 5.75 Å². The summed E-state index contributed by atoms with van der Waals surface area (Å²) in [6.45, 7) is 0.249. The van der Waals surface area contributed by atoms with E-state index in [2.05, 4.69) is 16.4 Å². The quantitative estimate of drug-likeness (QED) is 0.670. The molecule has 0 unspecified atom stereocenters. The van der Waals surface area contributed by atoms with Gasteiger partial charge in [-0.2, -0.15) is 9.65 Å². The zero-order valence-electron chi connectivity index (χ0n) is 14.4. The Morgan fingerprint density at radius 2 is 1.93 bits per heavy atom. The molecule has 0 aliphatic rings. The number of ether oxygens (including phenoxy) is 1. The van der Waals surface area contributed by atoms with Crippen molar-refractivity contribution in [3.63, 3.8) is 0 Å². The number of benzene rings is 2. The monoisotopic (exact) mass is 361 g/mol. The van der Waals surface area contributed by atoms with E-state index in [9.17, 15) is 9.18 Å². The molecule has 6 heteroatoms. The van der Waals surface area contributed by atoms with Gasteiger partial charge in [-0.3, -0.25) is 4.79 Å². The highest BCUT2D eigenvalue weighted by atomic mass is 19.1. The number of nitrogens with one attached hydrogen (secondary N) is 1. The first-order valence-corrected chi connectivity index (χ1v) is 8.25. The van der Waals surface area contributed by atoms with Crippen LogP contribution in [-0.2, 0) is 13.0 Å². The molecule has 0 aliphatic heterocycles. The van der Waals surface area contributed by atoms with Gasteiger partial charge >= 0.3 is 0 Å². The highest BCUT2D eigenvalue weighted by Crippen LogP contribution is 2.20. The Hall–Kier alpha value is -3.72. The normalized spacial score (nSPS) is 10.1. The van der Waals surface area contributed by atoms with Gasteiger partial charge in [-0.25, -0.2) is 4.98 Å². The lowest BCUT2D eigenvalue weighted by molar-refractivity contribution is 0.102. The van der Waals surface area contributed by atoms with Gasteiger partial charge in [0.15, 0.2) is 0 Å². The van der Waals surface area contributed by atoms with Crippen molar-refractivity contribution in [3.05, 3.63) is 89.5 Å². The van der Waals surface area contributed by atoms with E-state index in [1.807, 2.05) is 24.3 Å². The number of carbonyl (C=O) groups is 1. The molecule has 27 heavy (non-hydrogen) atoms. The summed E-state index contributed by atoms with van der Waals surface area (Å²) in [7, 11) is 0. The minimum atomic E-state index is -0.709. The Morgan fingerprint density at radius 3 is 2.67 bits per heavy atom. The largest absolute Gasteiger partial charge is 0.489 e. The smallest absolute Gasteiger partial charge is 0.255 e. The van der Waals surface area contributed by atoms with Gasteiger partial charge in [-0.15, -0.1) is 0 Å². The standard InChI is InChI=1S/C21H16FN3O2/c22-20-13-16(10-12-24-20)21(26)25-19-4-2-1-3-17(19)14-27-18-7-5-15(6-8-18)9-11-23/h1-8,10,12-13H,9,14H2,(H,25,26). The van der Waals surface area contributed by atoms with E-state index >= 15 is 0 Å². The molecule has 1 heterocycles. The number of carbonyl (C=O) groups excluding carboxylic acids is 1. The number of nitriles is 1. The molecule has 134 valence electrons. The van der Waals surface area contributed by atoms with Crippen molar-refractivity contribution in [2.75, 3.05) is 5.32 Å². The maximum absolute atomic E-state index is 13.2. The second kappa shape index (κ2) is 8.59. The number of para-hydroxylation sites is 1. The highest BCUT2D eigenvalue weighted by molar-refractivity contribution is 6.04. The van der Waals surface area contributed by atoms with Crippen LogP contribution in [0.2, 0.25) is 0 Å². The van der Waals surface area contributed by atoms with Crippen molar-refractivity contribution in [2.24, 2.45) is 0 Å². The third kappa shape index (κ3) is 4.89. The minimum Gasteiger partial charge on any atom is -0.489 e. The number of anilines is 1. The van der Waals surface area contributed by atoms with E-state index in [0.717, 1.165) is 17.2 Å². The van der Waals surface area contributed by atoms with E-state index in [-0.39, 0.29) is 12.2 Å². The van der Waals surface area contributed by atoms with E-state index in [1.165, 1.54) is 12.3 Å². The summed E-state index contributed by atoms with van der Waals surface area (Å²) < 4.78 is 19.0. The van der Waals surface area contributed by atoms with Gasteiger partial charge in [-0.05, 0) is 29.8 Å². The molecule has 0 spiro atoms. The Bertz CT molecular complexity index is 981. The minimum absolute atomic E-state index is 0.186. The summed E-state index contributed by atoms with van der Waals surface area (Å²) in [5.74, 6) is -0.474. The van der Waals surface area contributed by atoms with Crippen LogP contribution < -0.4 is 10.1 Å². The Kier molecular flexibility index (Phi) is 5.75. The molecule has 0 saturated heterocycles. The average Bonchev–Trinajstić information content (AvgIpc) is 2.68. The summed E-state index contributed by atoms with van der Waals surface area (Å²) in [6.07, 6.45) is 1.60. The first kappa shape index (κ1) is 18.1. The fourth-order valence-electron chi connectivity index (χ4n) is 2.46. The Labute approximate surface area is 156 Å². The van der Waals surface area contributed by atoms with Crippen molar-refractivity contribution < 1.29 is 13.9 Å². The van der Waals surface area contributed by atoms with Crippen LogP contribution >= 0.6 is 0 Å². The molecule has 0 atom stereocenters. The molecule has 5 nitrogen and oxygen atoms in total. The third-order valence-corrected chi connectivity index (χ3v) is 3.86. The van der Waals surface area contributed by atoms with Crippen molar-refractivity contribution in [2.45, 2.75) is 13.0 Å². The van der Waals surface area contributed by atoms with Gasteiger partial charge in [0.1, 0.15) is 12.4 Å². The molecule has 1 amide bonds. The van der Waals surface area contributed by atoms with Crippen LogP contribution in [-0.4, -0.2) is 10.9 Å². The number of amides is 1. The topological polar surface area (TPSA) is 75.0 Å². The number of hydrogen-bond donors (Lipinski definition) is 1. The molecule has 0 bridgehead atoms. The summed E-state index contributed by atoms with van der Waals surface area (Å²) >= 11 is 0. The fourth-order valence-corrected chi connectivity index (χ4v) is 2.46. The molecule has 0 aliphatic carbocycles. The molecule has 2 aromatic carbocycles. The fraction of sp³-hybridized carbons (Fsp3) is 0.0952.